The molecule has 90 valence electrons. The summed E-state index contributed by atoms with van der Waals surface area (Å²) < 4.78 is 28.4. The number of halogens is 1. The van der Waals surface area contributed by atoms with E-state index >= 15 is 0 Å². The highest BCUT2D eigenvalue weighted by atomic mass is 79.9. The van der Waals surface area contributed by atoms with Crippen molar-refractivity contribution in [2.75, 3.05) is 4.72 Å². The molecule has 2 heterocycles. The minimum Gasteiger partial charge on any atom is -0.277 e. The average Bonchev–Trinajstić information content (AvgIpc) is 2.68. The molecule has 0 amide bonds. The van der Waals surface area contributed by atoms with Crippen LogP contribution in [0.5, 0.6) is 0 Å². The highest BCUT2D eigenvalue weighted by molar-refractivity contribution is 9.10. The summed E-state index contributed by atoms with van der Waals surface area (Å²) in [5, 5.41) is 3.92. The van der Waals surface area contributed by atoms with Crippen molar-refractivity contribution in [3.05, 3.63) is 35.2 Å². The maximum absolute atomic E-state index is 12.0. The Hall–Kier alpha value is -1.41. The van der Waals surface area contributed by atoms with Gasteiger partial charge >= 0.3 is 0 Å². The summed E-state index contributed by atoms with van der Waals surface area (Å²) in [5.74, 6) is 0. The van der Waals surface area contributed by atoms with Crippen LogP contribution < -0.4 is 4.72 Å². The first kappa shape index (κ1) is 12.1. The lowest BCUT2D eigenvalue weighted by Gasteiger charge is -2.08. The van der Waals surface area contributed by atoms with Crippen LogP contribution >= 0.6 is 15.9 Å². The van der Waals surface area contributed by atoms with Crippen molar-refractivity contribution in [3.8, 4) is 0 Å². The fourth-order valence-electron chi connectivity index (χ4n) is 1.28. The van der Waals surface area contributed by atoms with Gasteiger partial charge in [0.15, 0.2) is 5.03 Å². The lowest BCUT2D eigenvalue weighted by molar-refractivity contribution is 0.582. The van der Waals surface area contributed by atoms with E-state index in [1.165, 1.54) is 29.3 Å². The van der Waals surface area contributed by atoms with Crippen molar-refractivity contribution in [1.29, 1.82) is 0 Å². The standard InChI is InChI=1S/C9H9BrN4O2S/c1-14-9(3-5-12-14)17(15,16)13-8-2-4-11-6-7(8)10/h2-6H,1H3,(H,11,13). The van der Waals surface area contributed by atoms with Crippen LogP contribution in [0.15, 0.2) is 40.2 Å². The third-order valence-corrected chi connectivity index (χ3v) is 4.14. The largest absolute Gasteiger partial charge is 0.279 e. The molecular formula is C9H9BrN4O2S. The summed E-state index contributed by atoms with van der Waals surface area (Å²) in [6.45, 7) is 0. The smallest absolute Gasteiger partial charge is 0.277 e. The second kappa shape index (κ2) is 4.46. The molecule has 2 aromatic rings. The second-order valence-electron chi connectivity index (χ2n) is 3.25. The van der Waals surface area contributed by atoms with Gasteiger partial charge in [-0.1, -0.05) is 0 Å². The van der Waals surface area contributed by atoms with Gasteiger partial charge in [-0.25, -0.2) is 0 Å². The van der Waals surface area contributed by atoms with Gasteiger partial charge in [0.2, 0.25) is 0 Å². The molecule has 2 rings (SSSR count). The monoisotopic (exact) mass is 316 g/mol. The fourth-order valence-corrected chi connectivity index (χ4v) is 2.97. The molecule has 0 saturated carbocycles. The van der Waals surface area contributed by atoms with Crippen LogP contribution in [0.4, 0.5) is 5.69 Å². The number of rotatable bonds is 3. The van der Waals surface area contributed by atoms with Crippen LogP contribution in [-0.2, 0) is 17.1 Å². The van der Waals surface area contributed by atoms with E-state index in [-0.39, 0.29) is 5.03 Å². The van der Waals surface area contributed by atoms with Crippen LogP contribution in [0.2, 0.25) is 0 Å². The molecule has 0 aliphatic carbocycles. The van der Waals surface area contributed by atoms with Gasteiger partial charge in [0.1, 0.15) is 0 Å². The summed E-state index contributed by atoms with van der Waals surface area (Å²) in [6, 6.07) is 3.00. The van der Waals surface area contributed by atoms with E-state index in [0.29, 0.717) is 10.2 Å². The number of sulfonamides is 1. The van der Waals surface area contributed by atoms with E-state index in [2.05, 4.69) is 30.7 Å². The number of hydrogen-bond acceptors (Lipinski definition) is 4. The van der Waals surface area contributed by atoms with Crippen molar-refractivity contribution in [2.45, 2.75) is 5.03 Å². The van der Waals surface area contributed by atoms with E-state index in [0.717, 1.165) is 0 Å². The van der Waals surface area contributed by atoms with Crippen molar-refractivity contribution in [2.24, 2.45) is 7.05 Å². The van der Waals surface area contributed by atoms with Gasteiger partial charge in [-0.2, -0.15) is 13.5 Å². The number of aromatic nitrogens is 3. The molecule has 0 aromatic carbocycles. The molecule has 0 aliphatic rings. The molecule has 6 nitrogen and oxygen atoms in total. The highest BCUT2D eigenvalue weighted by Crippen LogP contribution is 2.23. The van der Waals surface area contributed by atoms with Gasteiger partial charge in [-0.3, -0.25) is 14.4 Å². The lowest BCUT2D eigenvalue weighted by atomic mass is 10.4. The van der Waals surface area contributed by atoms with E-state index in [1.54, 1.807) is 13.1 Å². The van der Waals surface area contributed by atoms with Crippen molar-refractivity contribution < 1.29 is 8.42 Å². The molecule has 0 spiro atoms. The first-order valence-electron chi connectivity index (χ1n) is 4.61. The summed E-state index contributed by atoms with van der Waals surface area (Å²) in [7, 11) is -2.06. The highest BCUT2D eigenvalue weighted by Gasteiger charge is 2.18. The van der Waals surface area contributed by atoms with Gasteiger partial charge < -0.3 is 0 Å². The quantitative estimate of drug-likeness (QED) is 0.928. The molecule has 2 aromatic heterocycles. The topological polar surface area (TPSA) is 76.9 Å². The minimum atomic E-state index is -3.63. The van der Waals surface area contributed by atoms with E-state index in [1.807, 2.05) is 0 Å². The average molecular weight is 317 g/mol. The molecule has 8 heteroatoms. The van der Waals surface area contributed by atoms with E-state index < -0.39 is 10.0 Å². The number of hydrogen-bond donors (Lipinski definition) is 1. The second-order valence-corrected chi connectivity index (χ2v) is 5.74. The number of aryl methyl sites for hydroxylation is 1. The fraction of sp³-hybridized carbons (Fsp3) is 0.111. The maximum atomic E-state index is 12.0. The molecule has 0 bridgehead atoms. The van der Waals surface area contributed by atoms with Gasteiger partial charge in [-0.15, -0.1) is 0 Å². The summed E-state index contributed by atoms with van der Waals surface area (Å²) in [4.78, 5) is 3.86. The Labute approximate surface area is 107 Å². The Morgan fingerprint density at radius 3 is 2.71 bits per heavy atom. The first-order chi connectivity index (χ1) is 8.00. The normalized spacial score (nSPS) is 11.4. The molecule has 1 N–H and O–H groups in total. The summed E-state index contributed by atoms with van der Waals surface area (Å²) in [5.41, 5.74) is 0.432. The Morgan fingerprint density at radius 2 is 2.12 bits per heavy atom. The zero-order valence-corrected chi connectivity index (χ0v) is 11.2. The molecule has 0 fully saturated rings. The SMILES string of the molecule is Cn1nccc1S(=O)(=O)Nc1ccncc1Br. The molecule has 0 radical (unpaired) electrons. The van der Waals surface area contributed by atoms with E-state index in [9.17, 15) is 8.42 Å². The van der Waals surface area contributed by atoms with Gasteiger partial charge in [0, 0.05) is 19.4 Å². The summed E-state index contributed by atoms with van der Waals surface area (Å²) in [6.07, 6.45) is 4.45. The van der Waals surface area contributed by atoms with Crippen LogP contribution in [-0.4, -0.2) is 23.2 Å². The van der Waals surface area contributed by atoms with Crippen LogP contribution in [0.3, 0.4) is 0 Å². The van der Waals surface area contributed by atoms with Gasteiger partial charge in [-0.05, 0) is 28.1 Å². The summed E-state index contributed by atoms with van der Waals surface area (Å²) >= 11 is 3.22. The zero-order valence-electron chi connectivity index (χ0n) is 8.83. The number of nitrogens with zero attached hydrogens (tertiary/aromatic N) is 3. The number of pyridine rings is 1. The molecule has 0 saturated heterocycles. The predicted octanol–water partition coefficient (Wildman–Crippen LogP) is 1.38. The molecule has 0 atom stereocenters. The number of nitrogens with one attached hydrogen (secondary N) is 1. The Balaban J connectivity index is 2.37. The minimum absolute atomic E-state index is 0.0983. The zero-order chi connectivity index (χ0) is 12.5. The Morgan fingerprint density at radius 1 is 1.35 bits per heavy atom. The predicted molar refractivity (Wildman–Crippen MR) is 66.0 cm³/mol. The lowest BCUT2D eigenvalue weighted by Crippen LogP contribution is -2.16. The van der Waals surface area contributed by atoms with Gasteiger partial charge in [0.05, 0.1) is 16.4 Å². The Bertz CT molecular complexity index is 638. The van der Waals surface area contributed by atoms with Crippen molar-refractivity contribution in [1.82, 2.24) is 14.8 Å². The van der Waals surface area contributed by atoms with Crippen LogP contribution in [0.25, 0.3) is 0 Å². The Kier molecular flexibility index (Phi) is 3.16. The third kappa shape index (κ3) is 2.47. The first-order valence-corrected chi connectivity index (χ1v) is 6.88. The van der Waals surface area contributed by atoms with E-state index in [4.69, 9.17) is 0 Å². The third-order valence-electron chi connectivity index (χ3n) is 2.07. The van der Waals surface area contributed by atoms with Gasteiger partial charge in [0.25, 0.3) is 10.0 Å². The molecule has 17 heavy (non-hydrogen) atoms. The van der Waals surface area contributed by atoms with Crippen molar-refractivity contribution >= 4 is 31.6 Å². The maximum Gasteiger partial charge on any atom is 0.279 e. The molecule has 0 aliphatic heterocycles. The molecule has 0 unspecified atom stereocenters. The number of anilines is 1. The molecular weight excluding hydrogens is 308 g/mol. The van der Waals surface area contributed by atoms with Crippen LogP contribution in [0, 0.1) is 0 Å². The van der Waals surface area contributed by atoms with Crippen molar-refractivity contribution in [3.63, 3.8) is 0 Å². The van der Waals surface area contributed by atoms with Crippen LogP contribution in [0.1, 0.15) is 0 Å².